The van der Waals surface area contributed by atoms with Crippen LogP contribution in [-0.2, 0) is 9.53 Å². The molecule has 3 aromatic carbocycles. The van der Waals surface area contributed by atoms with Gasteiger partial charge in [-0.05, 0) is 70.8 Å². The minimum Gasteiger partial charge on any atom is -0.506 e. The van der Waals surface area contributed by atoms with Crippen molar-refractivity contribution in [1.82, 2.24) is 0 Å². The average molecular weight is 552 g/mol. The number of phenolic OH excluding ortho intramolecular Hbond substituents is 1. The van der Waals surface area contributed by atoms with Crippen LogP contribution in [0.15, 0.2) is 53.0 Å². The Kier molecular flexibility index (Phi) is 7.26. The van der Waals surface area contributed by atoms with Crippen LogP contribution in [0.3, 0.4) is 0 Å². The van der Waals surface area contributed by atoms with Crippen molar-refractivity contribution in [1.29, 1.82) is 0 Å². The van der Waals surface area contributed by atoms with Gasteiger partial charge >= 0.3 is 5.97 Å². The van der Waals surface area contributed by atoms with Gasteiger partial charge in [0.1, 0.15) is 11.4 Å². The molecule has 0 radical (unpaired) electrons. The molecule has 0 saturated carbocycles. The number of nitrogens with zero attached hydrogens (tertiary/aromatic N) is 1. The number of aliphatic imine (C=N–C) groups is 1. The first-order valence-corrected chi connectivity index (χ1v) is 12.3. The molecule has 0 bridgehead atoms. The predicted molar refractivity (Wildman–Crippen MR) is 145 cm³/mol. The van der Waals surface area contributed by atoms with E-state index in [9.17, 15) is 9.90 Å². The molecule has 1 heterocycles. The van der Waals surface area contributed by atoms with Crippen molar-refractivity contribution in [2.75, 3.05) is 35.2 Å². The summed E-state index contributed by atoms with van der Waals surface area (Å²) in [6, 6.07) is 11.9. The first kappa shape index (κ1) is 26.2. The third kappa shape index (κ3) is 4.81. The summed E-state index contributed by atoms with van der Waals surface area (Å²) in [6.45, 7) is 0.0968. The molecule has 0 aromatic heterocycles. The van der Waals surface area contributed by atoms with Crippen molar-refractivity contribution < 1.29 is 38.3 Å². The Labute approximate surface area is 230 Å². The largest absolute Gasteiger partial charge is 0.506 e. The average Bonchev–Trinajstić information content (AvgIpc) is 3.41. The molecule has 202 valence electrons. The quantitative estimate of drug-likeness (QED) is 0.302. The lowest BCUT2D eigenvalue weighted by Gasteiger charge is -2.32. The molecule has 10 heteroatoms. The van der Waals surface area contributed by atoms with E-state index in [0.29, 0.717) is 44.9 Å². The number of benzene rings is 3. The number of ether oxygens (including phenoxy) is 6. The SMILES string of the molecule is COC(=O)[C@@H]1C(C=Nc2cc(Cl)ccc2O)=Cc2cc3c(cc2[C@H]1c1cc(OC)c(OC)c(OC)c1)OCO3. The smallest absolute Gasteiger partial charge is 0.314 e. The number of methoxy groups -OCH3 is 4. The summed E-state index contributed by atoms with van der Waals surface area (Å²) in [7, 11) is 5.92. The first-order chi connectivity index (χ1) is 18.9. The molecule has 39 heavy (non-hydrogen) atoms. The highest BCUT2D eigenvalue weighted by atomic mass is 35.5. The Bertz CT molecular complexity index is 1470. The van der Waals surface area contributed by atoms with Crippen LogP contribution in [0.25, 0.3) is 6.08 Å². The molecule has 1 N–H and O–H groups in total. The first-order valence-electron chi connectivity index (χ1n) is 11.9. The maximum atomic E-state index is 13.4. The lowest BCUT2D eigenvalue weighted by molar-refractivity contribution is -0.144. The number of carbonyl (C=O) groups excluding carboxylic acids is 1. The third-order valence-electron chi connectivity index (χ3n) is 6.72. The number of aromatic hydroxyl groups is 1. The second-order valence-electron chi connectivity index (χ2n) is 8.81. The van der Waals surface area contributed by atoms with Gasteiger partial charge in [0.2, 0.25) is 12.5 Å². The molecule has 9 nitrogen and oxygen atoms in total. The molecule has 1 aliphatic carbocycles. The summed E-state index contributed by atoms with van der Waals surface area (Å²) in [5.41, 5.74) is 3.13. The molecule has 5 rings (SSSR count). The Morgan fingerprint density at radius 2 is 1.69 bits per heavy atom. The highest BCUT2D eigenvalue weighted by Gasteiger charge is 2.40. The summed E-state index contributed by atoms with van der Waals surface area (Å²) < 4.78 is 33.3. The van der Waals surface area contributed by atoms with E-state index in [2.05, 4.69) is 4.99 Å². The number of hydrogen-bond donors (Lipinski definition) is 1. The van der Waals surface area contributed by atoms with Gasteiger partial charge in [0, 0.05) is 17.2 Å². The van der Waals surface area contributed by atoms with Gasteiger partial charge in [-0.2, -0.15) is 0 Å². The summed E-state index contributed by atoms with van der Waals surface area (Å²) in [5, 5.41) is 10.7. The lowest BCUT2D eigenvalue weighted by Crippen LogP contribution is -2.30. The fourth-order valence-corrected chi connectivity index (χ4v) is 5.09. The summed E-state index contributed by atoms with van der Waals surface area (Å²) in [4.78, 5) is 17.9. The number of phenols is 1. The lowest BCUT2D eigenvalue weighted by atomic mass is 9.71. The van der Waals surface area contributed by atoms with E-state index in [1.54, 1.807) is 18.2 Å². The van der Waals surface area contributed by atoms with Crippen molar-refractivity contribution in [2.24, 2.45) is 10.9 Å². The van der Waals surface area contributed by atoms with Gasteiger partial charge in [0.15, 0.2) is 23.0 Å². The van der Waals surface area contributed by atoms with Crippen LogP contribution in [0.5, 0.6) is 34.5 Å². The topological polar surface area (TPSA) is 105 Å². The number of esters is 1. The van der Waals surface area contributed by atoms with E-state index in [0.717, 1.165) is 11.1 Å². The van der Waals surface area contributed by atoms with Crippen LogP contribution in [-0.4, -0.2) is 52.5 Å². The van der Waals surface area contributed by atoms with E-state index in [-0.39, 0.29) is 18.2 Å². The van der Waals surface area contributed by atoms with E-state index in [1.807, 2.05) is 18.2 Å². The van der Waals surface area contributed by atoms with E-state index in [4.69, 9.17) is 40.0 Å². The molecule has 0 amide bonds. The van der Waals surface area contributed by atoms with Crippen molar-refractivity contribution in [3.8, 4) is 34.5 Å². The minimum absolute atomic E-state index is 0.0494. The second-order valence-corrected chi connectivity index (χ2v) is 9.24. The minimum atomic E-state index is -0.823. The molecule has 3 aromatic rings. The zero-order valence-electron chi connectivity index (χ0n) is 21.7. The standard InChI is InChI=1S/C29H26ClNO8/c1-34-24-9-16(10-25(35-2)28(24)36-3)26-19-12-23-22(38-14-39-23)8-15(19)7-17(27(26)29(33)37-4)13-31-20-11-18(30)5-6-21(20)32/h5-13,26-27,32H,14H2,1-4H3/t26-,27-/m1/s1. The number of carbonyl (C=O) groups is 1. The van der Waals surface area contributed by atoms with Crippen LogP contribution in [0, 0.1) is 5.92 Å². The zero-order chi connectivity index (χ0) is 27.7. The van der Waals surface area contributed by atoms with E-state index >= 15 is 0 Å². The Balaban J connectivity index is 1.74. The summed E-state index contributed by atoms with van der Waals surface area (Å²) in [5.74, 6) is 0.548. The van der Waals surface area contributed by atoms with Gasteiger partial charge in [0.05, 0.1) is 34.4 Å². The van der Waals surface area contributed by atoms with Gasteiger partial charge < -0.3 is 33.5 Å². The maximum Gasteiger partial charge on any atom is 0.314 e. The number of hydrogen-bond acceptors (Lipinski definition) is 9. The number of rotatable bonds is 7. The van der Waals surface area contributed by atoms with Crippen molar-refractivity contribution in [2.45, 2.75) is 5.92 Å². The van der Waals surface area contributed by atoms with Crippen molar-refractivity contribution in [3.63, 3.8) is 0 Å². The molecular weight excluding hydrogens is 526 g/mol. The maximum absolute atomic E-state index is 13.4. The van der Waals surface area contributed by atoms with Crippen LogP contribution in [0.1, 0.15) is 22.6 Å². The molecule has 2 aliphatic rings. The highest BCUT2D eigenvalue weighted by Crippen LogP contribution is 2.50. The van der Waals surface area contributed by atoms with E-state index in [1.165, 1.54) is 46.8 Å². The molecule has 0 unspecified atom stereocenters. The summed E-state index contributed by atoms with van der Waals surface area (Å²) >= 11 is 6.11. The van der Waals surface area contributed by atoms with Crippen molar-refractivity contribution >= 4 is 35.5 Å². The van der Waals surface area contributed by atoms with Gasteiger partial charge in [-0.3, -0.25) is 9.79 Å². The fraction of sp³-hybridized carbons (Fsp3) is 0.241. The number of halogens is 1. The second kappa shape index (κ2) is 10.8. The molecule has 0 spiro atoms. The number of fused-ring (bicyclic) bond motifs is 2. The Morgan fingerprint density at radius 1 is 1.00 bits per heavy atom. The predicted octanol–water partition coefficient (Wildman–Crippen LogP) is 5.52. The molecule has 0 fully saturated rings. The highest BCUT2D eigenvalue weighted by molar-refractivity contribution is 6.30. The van der Waals surface area contributed by atoms with Crippen LogP contribution in [0.4, 0.5) is 5.69 Å². The molecular formula is C29H26ClNO8. The van der Waals surface area contributed by atoms with Gasteiger partial charge in [-0.15, -0.1) is 0 Å². The normalized spacial score (nSPS) is 17.4. The summed E-state index contributed by atoms with van der Waals surface area (Å²) in [6.07, 6.45) is 3.38. The molecule has 0 saturated heterocycles. The Hall–Kier alpha value is -4.37. The third-order valence-corrected chi connectivity index (χ3v) is 6.95. The van der Waals surface area contributed by atoms with Crippen molar-refractivity contribution in [3.05, 3.63) is 69.8 Å². The van der Waals surface area contributed by atoms with Crippen LogP contribution >= 0.6 is 11.6 Å². The Morgan fingerprint density at radius 3 is 2.33 bits per heavy atom. The van der Waals surface area contributed by atoms with Gasteiger partial charge in [-0.1, -0.05) is 11.6 Å². The van der Waals surface area contributed by atoms with Gasteiger partial charge in [-0.25, -0.2) is 0 Å². The molecule has 1 aliphatic heterocycles. The van der Waals surface area contributed by atoms with Gasteiger partial charge in [0.25, 0.3) is 0 Å². The van der Waals surface area contributed by atoms with Crippen LogP contribution in [0.2, 0.25) is 5.02 Å². The van der Waals surface area contributed by atoms with Crippen LogP contribution < -0.4 is 23.7 Å². The molecule has 2 atom stereocenters. The zero-order valence-corrected chi connectivity index (χ0v) is 22.4. The monoisotopic (exact) mass is 551 g/mol. The van der Waals surface area contributed by atoms with E-state index < -0.39 is 17.8 Å². The fourth-order valence-electron chi connectivity index (χ4n) is 4.92.